The van der Waals surface area contributed by atoms with Gasteiger partial charge in [-0.3, -0.25) is 4.79 Å². The summed E-state index contributed by atoms with van der Waals surface area (Å²) in [6.07, 6.45) is 0.993. The number of nitrogens with zero attached hydrogens (tertiary/aromatic N) is 1. The molecule has 1 amide bonds. The summed E-state index contributed by atoms with van der Waals surface area (Å²) in [6, 6.07) is 0. The van der Waals surface area contributed by atoms with Gasteiger partial charge in [0.2, 0.25) is 5.91 Å². The molecule has 1 fully saturated rings. The minimum Gasteiger partial charge on any atom is -0.383 e. The van der Waals surface area contributed by atoms with Gasteiger partial charge >= 0.3 is 0 Å². The van der Waals surface area contributed by atoms with Gasteiger partial charge in [-0.1, -0.05) is 13.8 Å². The van der Waals surface area contributed by atoms with Crippen molar-refractivity contribution in [3.8, 4) is 0 Å². The van der Waals surface area contributed by atoms with Crippen LogP contribution in [0.3, 0.4) is 0 Å². The van der Waals surface area contributed by atoms with Crippen LogP contribution >= 0.6 is 11.6 Å². The first-order chi connectivity index (χ1) is 6.88. The molecule has 0 heterocycles. The number of alkyl halides is 1. The molecule has 1 saturated carbocycles. The lowest BCUT2D eigenvalue weighted by molar-refractivity contribution is -0.132. The van der Waals surface area contributed by atoms with E-state index in [2.05, 4.69) is 13.8 Å². The Morgan fingerprint density at radius 2 is 2.20 bits per heavy atom. The maximum atomic E-state index is 11.9. The fourth-order valence-electron chi connectivity index (χ4n) is 1.78. The number of ether oxygens (including phenoxy) is 1. The molecule has 0 aromatic carbocycles. The van der Waals surface area contributed by atoms with E-state index in [0.717, 1.165) is 6.42 Å². The summed E-state index contributed by atoms with van der Waals surface area (Å²) in [5, 5.41) is -0.120. The van der Waals surface area contributed by atoms with E-state index < -0.39 is 0 Å². The molecule has 0 aliphatic heterocycles. The van der Waals surface area contributed by atoms with Gasteiger partial charge in [-0.2, -0.15) is 0 Å². The fraction of sp³-hybridized carbons (Fsp3) is 0.909. The Kier molecular flexibility index (Phi) is 4.01. The van der Waals surface area contributed by atoms with E-state index in [0.29, 0.717) is 13.2 Å². The second kappa shape index (κ2) is 4.71. The zero-order valence-corrected chi connectivity index (χ0v) is 10.7. The molecule has 0 bridgehead atoms. The van der Waals surface area contributed by atoms with E-state index in [4.69, 9.17) is 16.3 Å². The SMILES string of the molecule is COCC(Cl)CN(C)C(=O)C1CC1(C)C. The third-order valence-corrected chi connectivity index (χ3v) is 3.27. The molecule has 4 heteroatoms. The smallest absolute Gasteiger partial charge is 0.226 e. The number of carbonyl (C=O) groups excluding carboxylic acids is 1. The molecule has 0 spiro atoms. The molecule has 2 atom stereocenters. The molecule has 0 N–H and O–H groups in total. The number of methoxy groups -OCH3 is 1. The zero-order valence-electron chi connectivity index (χ0n) is 9.92. The van der Waals surface area contributed by atoms with Crippen LogP contribution in [0.1, 0.15) is 20.3 Å². The van der Waals surface area contributed by atoms with E-state index in [1.54, 1.807) is 12.0 Å². The predicted molar refractivity (Wildman–Crippen MR) is 61.0 cm³/mol. The Hall–Kier alpha value is -0.280. The van der Waals surface area contributed by atoms with Crippen LogP contribution in [-0.2, 0) is 9.53 Å². The maximum Gasteiger partial charge on any atom is 0.226 e. The van der Waals surface area contributed by atoms with E-state index in [1.165, 1.54) is 0 Å². The molecule has 0 saturated heterocycles. The van der Waals surface area contributed by atoms with E-state index in [9.17, 15) is 4.79 Å². The Morgan fingerprint density at radius 3 is 2.60 bits per heavy atom. The van der Waals surface area contributed by atoms with Crippen molar-refractivity contribution >= 4 is 17.5 Å². The summed E-state index contributed by atoms with van der Waals surface area (Å²) in [5.74, 6) is 0.399. The van der Waals surface area contributed by atoms with E-state index in [1.807, 2.05) is 7.05 Å². The first-order valence-electron chi connectivity index (χ1n) is 5.26. The number of rotatable bonds is 5. The van der Waals surface area contributed by atoms with Gasteiger partial charge in [0.1, 0.15) is 0 Å². The Labute approximate surface area is 96.7 Å². The molecule has 88 valence electrons. The highest BCUT2D eigenvalue weighted by atomic mass is 35.5. The van der Waals surface area contributed by atoms with Crippen LogP contribution in [-0.4, -0.2) is 43.5 Å². The summed E-state index contributed by atoms with van der Waals surface area (Å²) in [5.41, 5.74) is 0.189. The average Bonchev–Trinajstić information content (AvgIpc) is 2.74. The van der Waals surface area contributed by atoms with Gasteiger partial charge in [0.25, 0.3) is 0 Å². The highest BCUT2D eigenvalue weighted by Gasteiger charge is 2.51. The second-order valence-electron chi connectivity index (χ2n) is 5.02. The van der Waals surface area contributed by atoms with Crippen LogP contribution in [0, 0.1) is 11.3 Å². The molecule has 0 aromatic heterocycles. The van der Waals surface area contributed by atoms with Gasteiger partial charge in [0.15, 0.2) is 0 Å². The summed E-state index contributed by atoms with van der Waals surface area (Å²) >= 11 is 6.00. The van der Waals surface area contributed by atoms with Gasteiger partial charge in [0.05, 0.1) is 12.0 Å². The highest BCUT2D eigenvalue weighted by Crippen LogP contribution is 2.52. The van der Waals surface area contributed by atoms with Crippen molar-refractivity contribution in [3.63, 3.8) is 0 Å². The van der Waals surface area contributed by atoms with Crippen LogP contribution in [0.4, 0.5) is 0 Å². The molecule has 15 heavy (non-hydrogen) atoms. The summed E-state index contributed by atoms with van der Waals surface area (Å²) in [4.78, 5) is 13.6. The first kappa shape index (κ1) is 12.8. The van der Waals surface area contributed by atoms with Crippen LogP contribution in [0.5, 0.6) is 0 Å². The largest absolute Gasteiger partial charge is 0.383 e. The van der Waals surface area contributed by atoms with Gasteiger partial charge in [-0.15, -0.1) is 11.6 Å². The van der Waals surface area contributed by atoms with Crippen LogP contribution in [0.15, 0.2) is 0 Å². The Bertz CT molecular complexity index is 243. The number of amides is 1. The Morgan fingerprint density at radius 1 is 1.67 bits per heavy atom. The van der Waals surface area contributed by atoms with Gasteiger partial charge in [-0.05, 0) is 11.8 Å². The summed E-state index contributed by atoms with van der Waals surface area (Å²) < 4.78 is 4.93. The molecule has 0 radical (unpaired) electrons. The van der Waals surface area contributed by atoms with Crippen LogP contribution in [0.25, 0.3) is 0 Å². The molecule has 3 nitrogen and oxygen atoms in total. The van der Waals surface area contributed by atoms with Crippen molar-refractivity contribution < 1.29 is 9.53 Å². The van der Waals surface area contributed by atoms with Gasteiger partial charge in [0, 0.05) is 26.6 Å². The number of carbonyl (C=O) groups is 1. The molecule has 1 aliphatic rings. The van der Waals surface area contributed by atoms with Crippen molar-refractivity contribution in [2.45, 2.75) is 25.6 Å². The van der Waals surface area contributed by atoms with Crippen molar-refractivity contribution in [3.05, 3.63) is 0 Å². The third kappa shape index (κ3) is 3.35. The third-order valence-electron chi connectivity index (χ3n) is 3.01. The predicted octanol–water partition coefficient (Wildman–Crippen LogP) is 1.74. The number of hydrogen-bond donors (Lipinski definition) is 0. The Balaban J connectivity index is 2.34. The average molecular weight is 234 g/mol. The lowest BCUT2D eigenvalue weighted by Gasteiger charge is -2.20. The standard InChI is InChI=1S/C11H20ClNO2/c1-11(2)5-9(11)10(14)13(3)6-8(12)7-15-4/h8-9H,5-7H2,1-4H3. The maximum absolute atomic E-state index is 11.9. The van der Waals surface area contributed by atoms with Crippen molar-refractivity contribution in [1.29, 1.82) is 0 Å². The van der Waals surface area contributed by atoms with Crippen LogP contribution < -0.4 is 0 Å². The molecule has 1 rings (SSSR count). The number of halogens is 1. The minimum absolute atomic E-state index is 0.120. The lowest BCUT2D eigenvalue weighted by atomic mass is 10.1. The van der Waals surface area contributed by atoms with Crippen molar-refractivity contribution in [2.24, 2.45) is 11.3 Å². The summed E-state index contributed by atoms with van der Waals surface area (Å²) in [7, 11) is 3.42. The summed E-state index contributed by atoms with van der Waals surface area (Å²) in [6.45, 7) is 5.28. The number of hydrogen-bond acceptors (Lipinski definition) is 2. The van der Waals surface area contributed by atoms with E-state index >= 15 is 0 Å². The minimum atomic E-state index is -0.120. The van der Waals surface area contributed by atoms with Gasteiger partial charge < -0.3 is 9.64 Å². The van der Waals surface area contributed by atoms with E-state index in [-0.39, 0.29) is 22.6 Å². The molecule has 2 unspecified atom stereocenters. The van der Waals surface area contributed by atoms with Crippen molar-refractivity contribution in [2.75, 3.05) is 27.3 Å². The fourth-order valence-corrected chi connectivity index (χ4v) is 2.11. The zero-order chi connectivity index (χ0) is 11.6. The normalized spacial score (nSPS) is 24.7. The van der Waals surface area contributed by atoms with Gasteiger partial charge in [-0.25, -0.2) is 0 Å². The monoisotopic (exact) mass is 233 g/mol. The lowest BCUT2D eigenvalue weighted by Crippen LogP contribution is -2.35. The molecule has 0 aromatic rings. The van der Waals surface area contributed by atoms with Crippen LogP contribution in [0.2, 0.25) is 0 Å². The topological polar surface area (TPSA) is 29.5 Å². The highest BCUT2D eigenvalue weighted by molar-refractivity contribution is 6.21. The first-order valence-corrected chi connectivity index (χ1v) is 5.70. The molecule has 1 aliphatic carbocycles. The molecular weight excluding hydrogens is 214 g/mol. The second-order valence-corrected chi connectivity index (χ2v) is 5.63. The van der Waals surface area contributed by atoms with Crippen molar-refractivity contribution in [1.82, 2.24) is 4.90 Å². The molecular formula is C11H20ClNO2. The quantitative estimate of drug-likeness (QED) is 0.677.